The van der Waals surface area contributed by atoms with E-state index < -0.39 is 0 Å². The van der Waals surface area contributed by atoms with Crippen molar-refractivity contribution in [1.29, 1.82) is 0 Å². The second-order valence-corrected chi connectivity index (χ2v) is 3.30. The minimum absolute atomic E-state index is 0.222. The quantitative estimate of drug-likeness (QED) is 0.707. The molecular weight excluding hydrogens is 190 g/mol. The van der Waals surface area contributed by atoms with E-state index in [1.165, 1.54) is 0 Å². The highest BCUT2D eigenvalue weighted by Crippen LogP contribution is 2.40. The summed E-state index contributed by atoms with van der Waals surface area (Å²) in [7, 11) is 0. The van der Waals surface area contributed by atoms with Crippen LogP contribution in [0.3, 0.4) is 0 Å². The average Bonchev–Trinajstić information content (AvgIpc) is 2.30. The van der Waals surface area contributed by atoms with Gasteiger partial charge in [0.25, 0.3) is 0 Å². The smallest absolute Gasteiger partial charge is 0.225 e. The zero-order valence-corrected chi connectivity index (χ0v) is 7.84. The summed E-state index contributed by atoms with van der Waals surface area (Å²) in [5, 5.41) is 10.0. The lowest BCUT2D eigenvalue weighted by Gasteiger charge is -2.22. The molecule has 1 N–H and O–H groups in total. The first-order valence-electron chi connectivity index (χ1n) is 4.65. The first-order valence-corrected chi connectivity index (χ1v) is 4.65. The maximum Gasteiger partial charge on any atom is 0.225 e. The fourth-order valence-corrected chi connectivity index (χ4v) is 1.65. The molecule has 0 bridgehead atoms. The largest absolute Gasteiger partial charge is 0.438 e. The van der Waals surface area contributed by atoms with Gasteiger partial charge in [0, 0.05) is 11.8 Å². The zero-order chi connectivity index (χ0) is 10.3. The molecule has 0 fully saturated rings. The van der Waals surface area contributed by atoms with Crippen molar-refractivity contribution in [1.82, 2.24) is 4.98 Å². The molecule has 1 aromatic carbocycles. The number of rotatable bonds is 0. The Labute approximate surface area is 87.0 Å². The highest BCUT2D eigenvalue weighted by atomic mass is 16.5. The summed E-state index contributed by atoms with van der Waals surface area (Å²) in [4.78, 5) is 4.07. The molecule has 0 amide bonds. The Morgan fingerprint density at radius 3 is 2.73 bits per heavy atom. The minimum atomic E-state index is 0.222. The number of benzene rings is 1. The van der Waals surface area contributed by atoms with Gasteiger partial charge >= 0.3 is 0 Å². The fourth-order valence-electron chi connectivity index (χ4n) is 1.65. The maximum absolute atomic E-state index is 10.0. The summed E-state index contributed by atoms with van der Waals surface area (Å²) < 4.78 is 5.56. The Morgan fingerprint density at radius 1 is 1.00 bits per heavy atom. The molecule has 0 saturated carbocycles. The Bertz CT molecular complexity index is 465. The van der Waals surface area contributed by atoms with Gasteiger partial charge in [0.1, 0.15) is 5.75 Å². The van der Waals surface area contributed by atoms with Crippen LogP contribution in [-0.2, 0) is 0 Å². The van der Waals surface area contributed by atoms with Crippen LogP contribution in [0.2, 0.25) is 0 Å². The number of pyridine rings is 1. The predicted octanol–water partition coefficient (Wildman–Crippen LogP) is 2.49. The Balaban J connectivity index is 2.20. The molecule has 3 heteroatoms. The van der Waals surface area contributed by atoms with Crippen LogP contribution in [0.5, 0.6) is 11.6 Å². The third-order valence-corrected chi connectivity index (χ3v) is 2.38. The van der Waals surface area contributed by atoms with Crippen LogP contribution in [0.4, 0.5) is 0 Å². The first kappa shape index (κ1) is 8.44. The van der Waals surface area contributed by atoms with Gasteiger partial charge in [-0.15, -0.1) is 0 Å². The second kappa shape index (κ2) is 3.07. The number of aliphatic hydroxyl groups is 1. The van der Waals surface area contributed by atoms with Gasteiger partial charge in [0.15, 0.2) is 6.10 Å². The number of fused-ring (bicyclic) bond motifs is 2. The average molecular weight is 198 g/mol. The van der Waals surface area contributed by atoms with E-state index in [1.54, 1.807) is 18.3 Å². The van der Waals surface area contributed by atoms with Gasteiger partial charge < -0.3 is 9.84 Å². The molecule has 15 heavy (non-hydrogen) atoms. The molecule has 0 aliphatic carbocycles. The maximum atomic E-state index is 10.0. The summed E-state index contributed by atoms with van der Waals surface area (Å²) in [5.74, 6) is 1.09. The molecule has 0 spiro atoms. The third kappa shape index (κ3) is 1.21. The van der Waals surface area contributed by atoms with Crippen molar-refractivity contribution in [3.63, 3.8) is 0 Å². The number of nitrogens with zero attached hydrogens (tertiary/aromatic N) is 1. The van der Waals surface area contributed by atoms with Crippen molar-refractivity contribution in [3.05, 3.63) is 59.8 Å². The molecule has 2 aromatic rings. The van der Waals surface area contributed by atoms with E-state index in [0.29, 0.717) is 22.8 Å². The number of ether oxygens (including phenoxy) is 1. The van der Waals surface area contributed by atoms with Crippen LogP contribution < -0.4 is 4.74 Å². The lowest BCUT2D eigenvalue weighted by atomic mass is 9.99. The normalized spacial score (nSPS) is 13.9. The molecule has 1 aliphatic rings. The monoisotopic (exact) mass is 198 g/mol. The molecule has 3 nitrogen and oxygen atoms in total. The number of aromatic nitrogens is 1. The first-order chi connectivity index (χ1) is 7.36. The third-order valence-electron chi connectivity index (χ3n) is 2.38. The highest BCUT2D eigenvalue weighted by molar-refractivity contribution is 5.57. The Kier molecular flexibility index (Phi) is 1.73. The van der Waals surface area contributed by atoms with Crippen molar-refractivity contribution >= 4 is 0 Å². The number of para-hydroxylation sites is 1. The minimum Gasteiger partial charge on any atom is -0.438 e. The van der Waals surface area contributed by atoms with Gasteiger partial charge in [-0.2, -0.15) is 0 Å². The van der Waals surface area contributed by atoms with Crippen LogP contribution in [-0.4, -0.2) is 10.1 Å². The van der Waals surface area contributed by atoms with Gasteiger partial charge in [-0.05, 0) is 18.2 Å². The van der Waals surface area contributed by atoms with Gasteiger partial charge in [0.2, 0.25) is 5.88 Å². The lowest BCUT2D eigenvalue weighted by molar-refractivity contribution is 0.324. The molecule has 1 radical (unpaired) electrons. The number of hydrogen-bond acceptors (Lipinski definition) is 3. The van der Waals surface area contributed by atoms with E-state index in [0.717, 1.165) is 0 Å². The molecule has 0 saturated heterocycles. The molecule has 1 aromatic heterocycles. The topological polar surface area (TPSA) is 42.4 Å². The summed E-state index contributed by atoms with van der Waals surface area (Å²) in [6, 6.07) is 10.9. The van der Waals surface area contributed by atoms with Crippen LogP contribution in [0.1, 0.15) is 11.1 Å². The van der Waals surface area contributed by atoms with Gasteiger partial charge in [-0.3, -0.25) is 0 Å². The van der Waals surface area contributed by atoms with Gasteiger partial charge in [0.05, 0.1) is 5.56 Å². The standard InChI is InChI=1S/C12H8NO2/c14-11-8-4-1-2-6-10(8)15-12-9(11)5-3-7-13-12/h1-7,14H. The van der Waals surface area contributed by atoms with E-state index in [9.17, 15) is 5.11 Å². The molecule has 3 rings (SSSR count). The van der Waals surface area contributed by atoms with Gasteiger partial charge in [-0.25, -0.2) is 4.98 Å². The Morgan fingerprint density at radius 2 is 1.80 bits per heavy atom. The molecule has 1 aliphatic heterocycles. The summed E-state index contributed by atoms with van der Waals surface area (Å²) in [6.45, 7) is 0. The molecular formula is C12H8NO2. The zero-order valence-electron chi connectivity index (χ0n) is 7.84. The van der Waals surface area contributed by atoms with Crippen LogP contribution in [0.25, 0.3) is 0 Å². The number of hydrogen-bond donors (Lipinski definition) is 1. The number of aliphatic hydroxyl groups excluding tert-OH is 1. The molecule has 2 heterocycles. The lowest BCUT2D eigenvalue weighted by Crippen LogP contribution is -2.10. The molecule has 0 unspecified atom stereocenters. The summed E-state index contributed by atoms with van der Waals surface area (Å²) >= 11 is 0. The highest BCUT2D eigenvalue weighted by Gasteiger charge is 2.26. The van der Waals surface area contributed by atoms with E-state index in [1.807, 2.05) is 24.3 Å². The fraction of sp³-hybridized carbons (Fsp3) is 0. The SMILES string of the molecule is O[C]1c2ccccc2Oc2ncccc21. The molecule has 73 valence electrons. The summed E-state index contributed by atoms with van der Waals surface area (Å²) in [6.07, 6.45) is 1.86. The van der Waals surface area contributed by atoms with Gasteiger partial charge in [-0.1, -0.05) is 18.2 Å². The predicted molar refractivity (Wildman–Crippen MR) is 54.1 cm³/mol. The second-order valence-electron chi connectivity index (χ2n) is 3.30. The van der Waals surface area contributed by atoms with Crippen molar-refractivity contribution in [2.75, 3.05) is 0 Å². The van der Waals surface area contributed by atoms with Crippen molar-refractivity contribution in [2.45, 2.75) is 0 Å². The van der Waals surface area contributed by atoms with E-state index in [2.05, 4.69) is 4.98 Å². The van der Waals surface area contributed by atoms with Crippen molar-refractivity contribution in [3.8, 4) is 11.6 Å². The van der Waals surface area contributed by atoms with Crippen molar-refractivity contribution < 1.29 is 9.84 Å². The van der Waals surface area contributed by atoms with E-state index in [4.69, 9.17) is 4.74 Å². The van der Waals surface area contributed by atoms with Crippen LogP contribution in [0.15, 0.2) is 42.6 Å². The van der Waals surface area contributed by atoms with E-state index >= 15 is 0 Å². The van der Waals surface area contributed by atoms with Crippen LogP contribution in [0, 0.1) is 6.10 Å². The summed E-state index contributed by atoms with van der Waals surface area (Å²) in [5.41, 5.74) is 1.34. The molecule has 0 atom stereocenters. The van der Waals surface area contributed by atoms with Crippen LogP contribution >= 0.6 is 0 Å². The van der Waals surface area contributed by atoms with E-state index in [-0.39, 0.29) is 6.10 Å². The Hall–Kier alpha value is -1.87. The van der Waals surface area contributed by atoms with Crippen molar-refractivity contribution in [2.24, 2.45) is 0 Å².